The average molecular weight is 271 g/mol. The van der Waals surface area contributed by atoms with Crippen LogP contribution in [-0.4, -0.2) is 6.04 Å². The van der Waals surface area contributed by atoms with Crippen LogP contribution in [0.3, 0.4) is 0 Å². The average Bonchev–Trinajstić information content (AvgIpc) is 2.45. The van der Waals surface area contributed by atoms with E-state index in [0.29, 0.717) is 6.04 Å². The summed E-state index contributed by atoms with van der Waals surface area (Å²) in [4.78, 5) is 0. The Morgan fingerprint density at radius 1 is 1.05 bits per heavy atom. The number of aryl methyl sites for hydroxylation is 1. The van der Waals surface area contributed by atoms with Crippen LogP contribution in [0.2, 0.25) is 0 Å². The van der Waals surface area contributed by atoms with Crippen LogP contribution in [0.4, 0.5) is 4.39 Å². The third-order valence-corrected chi connectivity index (χ3v) is 3.57. The molecule has 0 fully saturated rings. The second-order valence-corrected chi connectivity index (χ2v) is 5.24. The zero-order chi connectivity index (χ0) is 14.4. The molecule has 0 heterocycles. The molecule has 0 aromatic heterocycles. The molecule has 0 bridgehead atoms. The standard InChI is InChI=1S/C18H22FN/c1-3-16-8-4-5-9-17(16)13-20-14(2)11-15-7-6-10-18(19)12-15/h4-10,12,14,20H,3,11,13H2,1-2H3. The minimum atomic E-state index is -0.161. The quantitative estimate of drug-likeness (QED) is 0.833. The van der Waals surface area contributed by atoms with Gasteiger partial charge in [-0.05, 0) is 48.6 Å². The van der Waals surface area contributed by atoms with Crippen molar-refractivity contribution >= 4 is 0 Å². The van der Waals surface area contributed by atoms with E-state index >= 15 is 0 Å². The van der Waals surface area contributed by atoms with Crippen LogP contribution in [0, 0.1) is 5.82 Å². The van der Waals surface area contributed by atoms with Crippen LogP contribution in [0.15, 0.2) is 48.5 Å². The Morgan fingerprint density at radius 2 is 1.80 bits per heavy atom. The van der Waals surface area contributed by atoms with Gasteiger partial charge in [-0.25, -0.2) is 4.39 Å². The van der Waals surface area contributed by atoms with Crippen molar-refractivity contribution in [1.29, 1.82) is 0 Å². The molecule has 0 aliphatic rings. The first-order valence-electron chi connectivity index (χ1n) is 7.23. The highest BCUT2D eigenvalue weighted by Crippen LogP contribution is 2.11. The summed E-state index contributed by atoms with van der Waals surface area (Å²) in [5.74, 6) is -0.161. The fourth-order valence-electron chi connectivity index (χ4n) is 2.45. The Labute approximate surface area is 120 Å². The smallest absolute Gasteiger partial charge is 0.123 e. The molecule has 2 heteroatoms. The van der Waals surface area contributed by atoms with Crippen molar-refractivity contribution in [3.05, 3.63) is 71.0 Å². The van der Waals surface area contributed by atoms with Crippen LogP contribution >= 0.6 is 0 Å². The van der Waals surface area contributed by atoms with Gasteiger partial charge in [0.2, 0.25) is 0 Å². The zero-order valence-electron chi connectivity index (χ0n) is 12.2. The van der Waals surface area contributed by atoms with Gasteiger partial charge in [-0.15, -0.1) is 0 Å². The molecule has 0 amide bonds. The molecule has 106 valence electrons. The molecular weight excluding hydrogens is 249 g/mol. The van der Waals surface area contributed by atoms with Gasteiger partial charge in [0.15, 0.2) is 0 Å². The summed E-state index contributed by atoms with van der Waals surface area (Å²) >= 11 is 0. The summed E-state index contributed by atoms with van der Waals surface area (Å²) < 4.78 is 13.1. The topological polar surface area (TPSA) is 12.0 Å². The van der Waals surface area contributed by atoms with Crippen LogP contribution in [0.5, 0.6) is 0 Å². The van der Waals surface area contributed by atoms with Crippen LogP contribution in [-0.2, 0) is 19.4 Å². The van der Waals surface area contributed by atoms with Crippen molar-refractivity contribution in [2.45, 2.75) is 39.3 Å². The minimum absolute atomic E-state index is 0.161. The molecule has 0 aliphatic heterocycles. The Morgan fingerprint density at radius 3 is 2.50 bits per heavy atom. The van der Waals surface area contributed by atoms with Gasteiger partial charge in [0.25, 0.3) is 0 Å². The molecule has 0 spiro atoms. The lowest BCUT2D eigenvalue weighted by Gasteiger charge is -2.15. The fraction of sp³-hybridized carbons (Fsp3) is 0.333. The van der Waals surface area contributed by atoms with E-state index in [1.165, 1.54) is 17.2 Å². The summed E-state index contributed by atoms with van der Waals surface area (Å²) in [6.07, 6.45) is 1.89. The Balaban J connectivity index is 1.90. The second kappa shape index (κ2) is 7.20. The molecule has 0 saturated carbocycles. The maximum atomic E-state index is 13.1. The normalized spacial score (nSPS) is 12.3. The van der Waals surface area contributed by atoms with Gasteiger partial charge in [-0.3, -0.25) is 0 Å². The number of rotatable bonds is 6. The molecule has 0 radical (unpaired) electrons. The molecule has 1 unspecified atom stereocenters. The van der Waals surface area contributed by atoms with E-state index in [-0.39, 0.29) is 5.82 Å². The highest BCUT2D eigenvalue weighted by Gasteiger charge is 2.05. The Bertz CT molecular complexity index is 551. The molecule has 2 rings (SSSR count). The molecule has 2 aromatic rings. The number of benzene rings is 2. The molecular formula is C18H22FN. The van der Waals surface area contributed by atoms with E-state index in [1.54, 1.807) is 12.1 Å². The zero-order valence-corrected chi connectivity index (χ0v) is 12.2. The van der Waals surface area contributed by atoms with E-state index in [0.717, 1.165) is 24.9 Å². The third kappa shape index (κ3) is 4.17. The van der Waals surface area contributed by atoms with E-state index < -0.39 is 0 Å². The molecule has 1 N–H and O–H groups in total. The van der Waals surface area contributed by atoms with Gasteiger partial charge in [-0.1, -0.05) is 43.3 Å². The summed E-state index contributed by atoms with van der Waals surface area (Å²) in [7, 11) is 0. The first-order valence-corrected chi connectivity index (χ1v) is 7.23. The summed E-state index contributed by atoms with van der Waals surface area (Å²) in [6.45, 7) is 5.18. The lowest BCUT2D eigenvalue weighted by atomic mass is 10.0. The molecule has 0 saturated heterocycles. The van der Waals surface area contributed by atoms with Crippen LogP contribution < -0.4 is 5.32 Å². The van der Waals surface area contributed by atoms with Gasteiger partial charge >= 0.3 is 0 Å². The molecule has 2 aromatic carbocycles. The van der Waals surface area contributed by atoms with Gasteiger partial charge in [0, 0.05) is 12.6 Å². The predicted molar refractivity (Wildman–Crippen MR) is 82.2 cm³/mol. The van der Waals surface area contributed by atoms with Crippen molar-refractivity contribution in [3.63, 3.8) is 0 Å². The van der Waals surface area contributed by atoms with Crippen LogP contribution in [0.1, 0.15) is 30.5 Å². The fourth-order valence-corrected chi connectivity index (χ4v) is 2.45. The molecule has 1 nitrogen and oxygen atoms in total. The van der Waals surface area contributed by atoms with Gasteiger partial charge in [0.1, 0.15) is 5.82 Å². The molecule has 20 heavy (non-hydrogen) atoms. The summed E-state index contributed by atoms with van der Waals surface area (Å²) in [5.41, 5.74) is 3.77. The highest BCUT2D eigenvalue weighted by atomic mass is 19.1. The first-order chi connectivity index (χ1) is 9.69. The number of hydrogen-bond acceptors (Lipinski definition) is 1. The maximum absolute atomic E-state index is 13.1. The Kier molecular flexibility index (Phi) is 5.31. The van der Waals surface area contributed by atoms with Crippen molar-refractivity contribution in [2.24, 2.45) is 0 Å². The minimum Gasteiger partial charge on any atom is -0.310 e. The number of halogens is 1. The van der Waals surface area contributed by atoms with Crippen molar-refractivity contribution in [3.8, 4) is 0 Å². The monoisotopic (exact) mass is 271 g/mol. The predicted octanol–water partition coefficient (Wildman–Crippen LogP) is 4.11. The second-order valence-electron chi connectivity index (χ2n) is 5.24. The van der Waals surface area contributed by atoms with E-state index in [9.17, 15) is 4.39 Å². The van der Waals surface area contributed by atoms with Crippen LogP contribution in [0.25, 0.3) is 0 Å². The summed E-state index contributed by atoms with van der Waals surface area (Å²) in [6, 6.07) is 15.7. The molecule has 1 atom stereocenters. The lowest BCUT2D eigenvalue weighted by molar-refractivity contribution is 0.541. The Hall–Kier alpha value is -1.67. The lowest BCUT2D eigenvalue weighted by Crippen LogP contribution is -2.28. The van der Waals surface area contributed by atoms with Crippen molar-refractivity contribution < 1.29 is 4.39 Å². The highest BCUT2D eigenvalue weighted by molar-refractivity contribution is 5.27. The van der Waals surface area contributed by atoms with Crippen molar-refractivity contribution in [1.82, 2.24) is 5.32 Å². The van der Waals surface area contributed by atoms with E-state index in [4.69, 9.17) is 0 Å². The van der Waals surface area contributed by atoms with Gasteiger partial charge in [0.05, 0.1) is 0 Å². The van der Waals surface area contributed by atoms with Gasteiger partial charge < -0.3 is 5.32 Å². The first kappa shape index (κ1) is 14.7. The third-order valence-electron chi connectivity index (χ3n) is 3.57. The van der Waals surface area contributed by atoms with E-state index in [2.05, 4.69) is 43.4 Å². The van der Waals surface area contributed by atoms with E-state index in [1.807, 2.05) is 6.07 Å². The van der Waals surface area contributed by atoms with Gasteiger partial charge in [-0.2, -0.15) is 0 Å². The number of hydrogen-bond donors (Lipinski definition) is 1. The number of nitrogens with one attached hydrogen (secondary N) is 1. The summed E-state index contributed by atoms with van der Waals surface area (Å²) in [5, 5.41) is 3.52. The largest absolute Gasteiger partial charge is 0.310 e. The maximum Gasteiger partial charge on any atom is 0.123 e. The SMILES string of the molecule is CCc1ccccc1CNC(C)Cc1cccc(F)c1. The van der Waals surface area contributed by atoms with Crippen molar-refractivity contribution in [2.75, 3.05) is 0 Å². The molecule has 0 aliphatic carbocycles.